The molecule has 0 bridgehead atoms. The molecule has 0 fully saturated rings. The van der Waals surface area contributed by atoms with E-state index in [0.29, 0.717) is 11.1 Å². The molecule has 0 unspecified atom stereocenters. The molecule has 0 aliphatic rings. The molecule has 9 rings (SSSR count). The fourth-order valence-corrected chi connectivity index (χ4v) is 6.41. The van der Waals surface area contributed by atoms with Gasteiger partial charge in [-0.25, -0.2) is 0 Å². The quantitative estimate of drug-likeness (QED) is 0.154. The van der Waals surface area contributed by atoms with Crippen LogP contribution in [0.5, 0.6) is 0 Å². The highest BCUT2D eigenvalue weighted by atomic mass is 15.1. The molecule has 0 amide bonds. The maximum Gasteiger partial charge on any atom is 0.0645 e. The average molecular weight is 689 g/mol. The highest BCUT2D eigenvalue weighted by Gasteiger charge is 2.15. The zero-order valence-electron chi connectivity index (χ0n) is 41.3. The van der Waals surface area contributed by atoms with Gasteiger partial charge in [-0.05, 0) is 127 Å². The van der Waals surface area contributed by atoms with Gasteiger partial charge in [-0.15, -0.1) is 0 Å². The van der Waals surface area contributed by atoms with Crippen LogP contribution in [0.4, 0.5) is 17.1 Å². The molecule has 0 saturated carbocycles. The predicted octanol–water partition coefficient (Wildman–Crippen LogP) is 14.6. The van der Waals surface area contributed by atoms with Crippen LogP contribution in [0.2, 0.25) is 0 Å². The van der Waals surface area contributed by atoms with Crippen LogP contribution in [-0.2, 0) is 0 Å². The summed E-state index contributed by atoms with van der Waals surface area (Å²) in [6, 6.07) is 37.0. The second-order valence-corrected chi connectivity index (χ2v) is 12.4. The van der Waals surface area contributed by atoms with Crippen LogP contribution in [0.3, 0.4) is 0 Å². The van der Waals surface area contributed by atoms with Gasteiger partial charge in [0, 0.05) is 17.1 Å². The topological polar surface area (TPSA) is 3.24 Å². The number of anilines is 3. The highest BCUT2D eigenvalue weighted by molar-refractivity contribution is 5.89. The van der Waals surface area contributed by atoms with E-state index in [-0.39, 0.29) is 16.9 Å². The number of fused-ring (bicyclic) bond motifs is 1. The lowest BCUT2D eigenvalue weighted by atomic mass is 9.93. The Labute approximate surface area is 330 Å². The highest BCUT2D eigenvalue weighted by Crippen LogP contribution is 2.40. The summed E-state index contributed by atoms with van der Waals surface area (Å²) in [5.74, 6) is 0. The number of nitrogens with zero attached hydrogens (tertiary/aromatic N) is 1. The molecule has 0 aliphatic heterocycles. The van der Waals surface area contributed by atoms with Crippen LogP contribution in [0.25, 0.3) is 66.4 Å². The lowest BCUT2D eigenvalue weighted by Gasteiger charge is -2.26. The second-order valence-electron chi connectivity index (χ2n) is 12.4. The molecule has 0 saturated heterocycles. The van der Waals surface area contributed by atoms with Gasteiger partial charge < -0.3 is 4.90 Å². The van der Waals surface area contributed by atoms with E-state index in [9.17, 15) is 11.0 Å². The molecule has 0 spiro atoms. The molecule has 0 N–H and O–H groups in total. The lowest BCUT2D eigenvalue weighted by molar-refractivity contribution is 1.28. The molecule has 1 nitrogen and oxygen atoms in total. The smallest absolute Gasteiger partial charge is 0.0645 e. The SMILES string of the molecule is [2H]c1c([2H])c([2H])c(-c2c([2H])c([2H])c(N(c3cccc(-c4ccc5ccccc5c4)c3)c3c([2H])c([2H])c(-c4cc(-c5ccccc5)cc(-c5ccccc5)c4)c([2H])c3[2H])c([2H])c2[2H])c([2H])c1[2H]. The van der Waals surface area contributed by atoms with Crippen molar-refractivity contribution in [1.82, 2.24) is 0 Å². The minimum atomic E-state index is -0.738. The van der Waals surface area contributed by atoms with E-state index in [1.54, 1.807) is 18.2 Å². The van der Waals surface area contributed by atoms with E-state index in [0.717, 1.165) is 38.6 Å². The molecule has 9 aromatic rings. The molecule has 0 heterocycles. The predicted molar refractivity (Wildman–Crippen MR) is 226 cm³/mol. The van der Waals surface area contributed by atoms with E-state index in [1.807, 2.05) is 127 Å². The van der Waals surface area contributed by atoms with E-state index < -0.39 is 95.4 Å². The van der Waals surface area contributed by atoms with E-state index in [2.05, 4.69) is 0 Å². The molecule has 0 atom stereocenters. The van der Waals surface area contributed by atoms with Crippen molar-refractivity contribution in [3.63, 3.8) is 0 Å². The third-order valence-electron chi connectivity index (χ3n) is 9.04. The van der Waals surface area contributed by atoms with Gasteiger partial charge in [-0.1, -0.05) is 164 Å². The van der Waals surface area contributed by atoms with Crippen LogP contribution in [0, 0.1) is 0 Å². The van der Waals surface area contributed by atoms with Gasteiger partial charge in [0.05, 0.1) is 17.8 Å². The fourth-order valence-electron chi connectivity index (χ4n) is 6.41. The number of rotatable bonds is 8. The maximum absolute atomic E-state index is 9.69. The molecule has 9 aromatic carbocycles. The van der Waals surface area contributed by atoms with Gasteiger partial charge >= 0.3 is 0 Å². The molecule has 53 heavy (non-hydrogen) atoms. The number of hydrogen-bond acceptors (Lipinski definition) is 1. The van der Waals surface area contributed by atoms with Crippen LogP contribution >= 0.6 is 0 Å². The number of benzene rings is 9. The first-order valence-electron chi connectivity index (χ1n) is 23.6. The first-order chi connectivity index (χ1) is 31.7. The molecular weight excluding hydrogens is 639 g/mol. The minimum absolute atomic E-state index is 0.00432. The summed E-state index contributed by atoms with van der Waals surface area (Å²) in [6.07, 6.45) is 0. The van der Waals surface area contributed by atoms with Crippen LogP contribution < -0.4 is 4.90 Å². The zero-order valence-corrected chi connectivity index (χ0v) is 28.3. The van der Waals surface area contributed by atoms with E-state index in [1.165, 1.54) is 4.90 Å². The minimum Gasteiger partial charge on any atom is -0.310 e. The lowest BCUT2D eigenvalue weighted by Crippen LogP contribution is -2.10. The Morgan fingerprint density at radius 1 is 0.264 bits per heavy atom. The van der Waals surface area contributed by atoms with Crippen molar-refractivity contribution in [2.45, 2.75) is 0 Å². The van der Waals surface area contributed by atoms with Gasteiger partial charge in [0.25, 0.3) is 0 Å². The summed E-state index contributed by atoms with van der Waals surface area (Å²) in [4.78, 5) is 1.19. The monoisotopic (exact) mass is 688 g/mol. The molecule has 0 aliphatic carbocycles. The Bertz CT molecular complexity index is 3270. The Balaban J connectivity index is 1.31. The molecule has 0 aromatic heterocycles. The number of hydrogen-bond donors (Lipinski definition) is 0. The normalized spacial score (nSPS) is 14.5. The largest absolute Gasteiger partial charge is 0.310 e. The van der Waals surface area contributed by atoms with E-state index in [4.69, 9.17) is 6.85 Å². The van der Waals surface area contributed by atoms with Crippen molar-refractivity contribution < 1.29 is 17.8 Å². The second kappa shape index (κ2) is 14.3. The maximum atomic E-state index is 9.69. The van der Waals surface area contributed by atoms with Crippen molar-refractivity contribution in [2.75, 3.05) is 4.90 Å². The molecule has 0 radical (unpaired) electrons. The Morgan fingerprint density at radius 2 is 0.736 bits per heavy atom. The third-order valence-corrected chi connectivity index (χ3v) is 9.04. The van der Waals surface area contributed by atoms with E-state index >= 15 is 0 Å². The molecule has 1 heteroatoms. The summed E-state index contributed by atoms with van der Waals surface area (Å²) >= 11 is 0. The van der Waals surface area contributed by atoms with Crippen molar-refractivity contribution in [3.8, 4) is 55.6 Å². The average Bonchev–Trinajstić information content (AvgIpc) is 3.35. The van der Waals surface area contributed by atoms with Crippen LogP contribution in [0.1, 0.15) is 17.8 Å². The van der Waals surface area contributed by atoms with Crippen molar-refractivity contribution in [1.29, 1.82) is 0 Å². The van der Waals surface area contributed by atoms with Gasteiger partial charge in [-0.2, -0.15) is 0 Å². The Kier molecular flexibility index (Phi) is 5.62. The standard InChI is InChI=1S/C52H37N/c1-4-13-38(14-5-1)42-25-29-50(30-26-42)53(52-22-12-21-45(37-52)46-24-23-41-19-10-11-20-44(41)33-46)51-31-27-43(28-32-51)49-35-47(39-15-6-2-7-16-39)34-48(36-49)40-17-8-3-9-18-40/h1-37H/i1D,4D,5D,13D,14D,25D,26D,27D,28D,29D,30D,31D,32D. The van der Waals surface area contributed by atoms with Gasteiger partial charge in [-0.3, -0.25) is 0 Å². The first-order valence-corrected chi connectivity index (χ1v) is 17.1. The van der Waals surface area contributed by atoms with Crippen LogP contribution in [-0.4, -0.2) is 0 Å². The molecular formula is C52H37N. The summed E-state index contributed by atoms with van der Waals surface area (Å²) < 4.78 is 118. The fraction of sp³-hybridized carbons (Fsp3) is 0. The summed E-state index contributed by atoms with van der Waals surface area (Å²) in [7, 11) is 0. The van der Waals surface area contributed by atoms with Gasteiger partial charge in [0.1, 0.15) is 0 Å². The van der Waals surface area contributed by atoms with Gasteiger partial charge in [0.15, 0.2) is 0 Å². The molecule has 250 valence electrons. The Hall–Kier alpha value is -6.96. The van der Waals surface area contributed by atoms with Crippen molar-refractivity contribution in [3.05, 3.63) is 224 Å². The summed E-state index contributed by atoms with van der Waals surface area (Å²) in [5, 5.41) is 1.97. The first kappa shape index (κ1) is 20.8. The van der Waals surface area contributed by atoms with Crippen molar-refractivity contribution in [2.24, 2.45) is 0 Å². The third kappa shape index (κ3) is 6.77. The Morgan fingerprint density at radius 3 is 1.34 bits per heavy atom. The summed E-state index contributed by atoms with van der Waals surface area (Å²) in [5.41, 5.74) is 3.50. The zero-order chi connectivity index (χ0) is 46.7. The summed E-state index contributed by atoms with van der Waals surface area (Å²) in [6.45, 7) is 0. The van der Waals surface area contributed by atoms with Crippen molar-refractivity contribution >= 4 is 27.8 Å². The van der Waals surface area contributed by atoms with Crippen LogP contribution in [0.15, 0.2) is 224 Å². The van der Waals surface area contributed by atoms with Gasteiger partial charge in [0.2, 0.25) is 0 Å².